The normalized spacial score (nSPS) is 27.0. The van der Waals surface area contributed by atoms with Gasteiger partial charge in [-0.3, -0.25) is 0 Å². The van der Waals surface area contributed by atoms with Crippen LogP contribution in [-0.4, -0.2) is 6.54 Å². The third kappa shape index (κ3) is 1.58. The summed E-state index contributed by atoms with van der Waals surface area (Å²) in [5.74, 6) is 0. The molecule has 1 atom stereocenters. The van der Waals surface area contributed by atoms with Gasteiger partial charge in [0.05, 0.1) is 0 Å². The van der Waals surface area contributed by atoms with Crippen LogP contribution in [0.1, 0.15) is 49.4 Å². The van der Waals surface area contributed by atoms with Crippen molar-refractivity contribution in [2.24, 2.45) is 5.41 Å². The highest BCUT2D eigenvalue weighted by Gasteiger charge is 2.39. The smallest absolute Gasteiger partial charge is 0.0384 e. The zero-order valence-corrected chi connectivity index (χ0v) is 10.3. The molecule has 1 saturated heterocycles. The largest absolute Gasteiger partial charge is 0.309 e. The number of nitrogens with one attached hydrogen (secondary N) is 1. The topological polar surface area (TPSA) is 12.0 Å². The average Bonchev–Trinajstić information content (AvgIpc) is 2.28. The summed E-state index contributed by atoms with van der Waals surface area (Å²) in [6, 6.07) is 7.72. The molecule has 2 aliphatic rings. The van der Waals surface area contributed by atoms with Gasteiger partial charge in [-0.1, -0.05) is 32.0 Å². The standard InChI is InChI=1S/C15H21N/c1-15(2)10-16-14(15)13-8-7-11-5-3-4-6-12(11)9-13/h7-9,14,16H,3-6,10H2,1-2H3. The van der Waals surface area contributed by atoms with Crippen LogP contribution >= 0.6 is 0 Å². The minimum absolute atomic E-state index is 0.433. The van der Waals surface area contributed by atoms with Crippen molar-refractivity contribution in [2.45, 2.75) is 45.6 Å². The fourth-order valence-electron chi connectivity index (χ4n) is 3.11. The van der Waals surface area contributed by atoms with E-state index in [0.29, 0.717) is 11.5 Å². The van der Waals surface area contributed by atoms with Crippen molar-refractivity contribution in [3.63, 3.8) is 0 Å². The Labute approximate surface area is 98.3 Å². The van der Waals surface area contributed by atoms with E-state index in [4.69, 9.17) is 0 Å². The van der Waals surface area contributed by atoms with E-state index in [1.54, 1.807) is 11.1 Å². The van der Waals surface area contributed by atoms with Crippen LogP contribution in [0.15, 0.2) is 18.2 Å². The van der Waals surface area contributed by atoms with Gasteiger partial charge in [0.15, 0.2) is 0 Å². The van der Waals surface area contributed by atoms with Crippen LogP contribution in [0.25, 0.3) is 0 Å². The molecule has 1 aromatic rings. The third-order valence-electron chi connectivity index (χ3n) is 4.25. The molecule has 3 rings (SSSR count). The first-order valence-corrected chi connectivity index (χ1v) is 6.52. The van der Waals surface area contributed by atoms with E-state index in [1.807, 2.05) is 0 Å². The van der Waals surface area contributed by atoms with Gasteiger partial charge in [-0.25, -0.2) is 0 Å². The van der Waals surface area contributed by atoms with Crippen LogP contribution in [0.4, 0.5) is 0 Å². The van der Waals surface area contributed by atoms with Gasteiger partial charge in [0.2, 0.25) is 0 Å². The molecule has 1 heterocycles. The predicted molar refractivity (Wildman–Crippen MR) is 67.6 cm³/mol. The van der Waals surface area contributed by atoms with E-state index in [0.717, 1.165) is 6.54 Å². The van der Waals surface area contributed by atoms with Crippen molar-refractivity contribution in [1.29, 1.82) is 0 Å². The third-order valence-corrected chi connectivity index (χ3v) is 4.25. The van der Waals surface area contributed by atoms with Gasteiger partial charge in [-0.2, -0.15) is 0 Å². The van der Waals surface area contributed by atoms with Gasteiger partial charge in [0, 0.05) is 12.6 Å². The Morgan fingerprint density at radius 2 is 1.88 bits per heavy atom. The molecule has 1 aliphatic carbocycles. The summed E-state index contributed by atoms with van der Waals surface area (Å²) in [7, 11) is 0. The van der Waals surface area contributed by atoms with Gasteiger partial charge in [0.25, 0.3) is 0 Å². The van der Waals surface area contributed by atoms with Crippen molar-refractivity contribution < 1.29 is 0 Å². The molecular weight excluding hydrogens is 194 g/mol. The second-order valence-corrected chi connectivity index (χ2v) is 6.04. The lowest BCUT2D eigenvalue weighted by Crippen LogP contribution is -2.52. The molecule has 1 N–H and O–H groups in total. The molecule has 1 unspecified atom stereocenters. The Bertz CT molecular complexity index is 406. The summed E-state index contributed by atoms with van der Waals surface area (Å²) in [5, 5.41) is 3.56. The molecule has 16 heavy (non-hydrogen) atoms. The molecule has 0 amide bonds. The molecule has 0 saturated carbocycles. The van der Waals surface area contributed by atoms with Crippen LogP contribution in [-0.2, 0) is 12.8 Å². The predicted octanol–water partition coefficient (Wildman–Crippen LogP) is 3.24. The van der Waals surface area contributed by atoms with Crippen LogP contribution in [0.3, 0.4) is 0 Å². The highest BCUT2D eigenvalue weighted by Crippen LogP contribution is 2.41. The van der Waals surface area contributed by atoms with Crippen molar-refractivity contribution in [3.8, 4) is 0 Å². The first-order chi connectivity index (χ1) is 7.67. The summed E-state index contributed by atoms with van der Waals surface area (Å²) in [6.45, 7) is 5.86. The SMILES string of the molecule is CC1(C)CNC1c1ccc2c(c1)CCCC2. The van der Waals surface area contributed by atoms with E-state index in [1.165, 1.54) is 31.2 Å². The number of rotatable bonds is 1. The molecule has 1 heteroatoms. The summed E-state index contributed by atoms with van der Waals surface area (Å²) in [4.78, 5) is 0. The molecule has 0 radical (unpaired) electrons. The summed E-state index contributed by atoms with van der Waals surface area (Å²) < 4.78 is 0. The fourth-order valence-corrected chi connectivity index (χ4v) is 3.11. The molecule has 1 aliphatic heterocycles. The van der Waals surface area contributed by atoms with Crippen LogP contribution in [0.2, 0.25) is 0 Å². The molecule has 0 spiro atoms. The van der Waals surface area contributed by atoms with E-state index >= 15 is 0 Å². The molecule has 86 valence electrons. The lowest BCUT2D eigenvalue weighted by atomic mass is 9.73. The second kappa shape index (κ2) is 3.59. The van der Waals surface area contributed by atoms with Gasteiger partial charge >= 0.3 is 0 Å². The lowest BCUT2D eigenvalue weighted by molar-refractivity contribution is 0.128. The zero-order chi connectivity index (χ0) is 11.2. The Balaban J connectivity index is 1.91. The van der Waals surface area contributed by atoms with Crippen molar-refractivity contribution in [1.82, 2.24) is 5.32 Å². The van der Waals surface area contributed by atoms with Gasteiger partial charge in [-0.05, 0) is 47.8 Å². The Kier molecular flexibility index (Phi) is 2.32. The molecule has 1 nitrogen and oxygen atoms in total. The number of aryl methyl sites for hydroxylation is 2. The number of hydrogen-bond donors (Lipinski definition) is 1. The highest BCUT2D eigenvalue weighted by molar-refractivity contribution is 5.36. The van der Waals surface area contributed by atoms with E-state index in [-0.39, 0.29) is 0 Å². The van der Waals surface area contributed by atoms with Gasteiger partial charge in [-0.15, -0.1) is 0 Å². The number of hydrogen-bond acceptors (Lipinski definition) is 1. The number of benzene rings is 1. The maximum atomic E-state index is 3.56. The van der Waals surface area contributed by atoms with Crippen LogP contribution < -0.4 is 5.32 Å². The quantitative estimate of drug-likeness (QED) is 0.758. The van der Waals surface area contributed by atoms with Crippen molar-refractivity contribution in [2.75, 3.05) is 6.54 Å². The van der Waals surface area contributed by atoms with Gasteiger partial charge in [0.1, 0.15) is 0 Å². The average molecular weight is 215 g/mol. The first-order valence-electron chi connectivity index (χ1n) is 6.52. The van der Waals surface area contributed by atoms with Gasteiger partial charge < -0.3 is 5.32 Å². The van der Waals surface area contributed by atoms with Crippen molar-refractivity contribution in [3.05, 3.63) is 34.9 Å². The minimum Gasteiger partial charge on any atom is -0.309 e. The summed E-state index contributed by atoms with van der Waals surface area (Å²) in [5.41, 5.74) is 5.13. The maximum absolute atomic E-state index is 3.56. The molecule has 0 aromatic heterocycles. The Morgan fingerprint density at radius 1 is 1.12 bits per heavy atom. The highest BCUT2D eigenvalue weighted by atomic mass is 15.0. The monoisotopic (exact) mass is 215 g/mol. The Morgan fingerprint density at radius 3 is 2.50 bits per heavy atom. The molecule has 0 bridgehead atoms. The molecule has 1 fully saturated rings. The summed E-state index contributed by atoms with van der Waals surface area (Å²) in [6.07, 6.45) is 5.32. The van der Waals surface area contributed by atoms with E-state index in [2.05, 4.69) is 37.4 Å². The summed E-state index contributed by atoms with van der Waals surface area (Å²) >= 11 is 0. The van der Waals surface area contributed by atoms with E-state index in [9.17, 15) is 0 Å². The lowest BCUT2D eigenvalue weighted by Gasteiger charge is -2.46. The first kappa shape index (κ1) is 10.3. The number of fused-ring (bicyclic) bond motifs is 1. The fraction of sp³-hybridized carbons (Fsp3) is 0.600. The zero-order valence-electron chi connectivity index (χ0n) is 10.3. The van der Waals surface area contributed by atoms with Crippen molar-refractivity contribution >= 4 is 0 Å². The van der Waals surface area contributed by atoms with Crippen LogP contribution in [0.5, 0.6) is 0 Å². The van der Waals surface area contributed by atoms with Crippen LogP contribution in [0, 0.1) is 5.41 Å². The Hall–Kier alpha value is -0.820. The second-order valence-electron chi connectivity index (χ2n) is 6.04. The maximum Gasteiger partial charge on any atom is 0.0384 e. The minimum atomic E-state index is 0.433. The molecule has 1 aromatic carbocycles. The van der Waals surface area contributed by atoms with E-state index < -0.39 is 0 Å². The molecular formula is C15H21N.